The zero-order chi connectivity index (χ0) is 17.8. The molecule has 0 radical (unpaired) electrons. The van der Waals surface area contributed by atoms with E-state index >= 15 is 0 Å². The molecule has 1 aromatic heterocycles. The number of carbonyl (C=O) groups is 2. The maximum Gasteiger partial charge on any atom is 0.289 e. The highest BCUT2D eigenvalue weighted by atomic mass is 79.9. The molecule has 1 saturated heterocycles. The molecule has 2 aromatic rings. The number of morpholine rings is 1. The van der Waals surface area contributed by atoms with E-state index in [4.69, 9.17) is 19.6 Å². The average Bonchev–Trinajstić information content (AvgIpc) is 3.08. The van der Waals surface area contributed by atoms with E-state index in [1.807, 2.05) is 24.3 Å². The smallest absolute Gasteiger partial charge is 0.289 e. The van der Waals surface area contributed by atoms with Gasteiger partial charge >= 0.3 is 0 Å². The molecule has 1 fully saturated rings. The first kappa shape index (κ1) is 17.5. The Labute approximate surface area is 152 Å². The van der Waals surface area contributed by atoms with Crippen molar-refractivity contribution < 1.29 is 23.5 Å². The normalized spacial score (nSPS) is 17.3. The van der Waals surface area contributed by atoms with E-state index in [1.165, 1.54) is 4.90 Å². The minimum Gasteiger partial charge on any atom is -0.486 e. The van der Waals surface area contributed by atoms with Crippen LogP contribution in [0, 0.1) is 0 Å². The van der Waals surface area contributed by atoms with E-state index < -0.39 is 12.0 Å². The summed E-state index contributed by atoms with van der Waals surface area (Å²) in [5.74, 6) is 0.528. The van der Waals surface area contributed by atoms with Crippen molar-refractivity contribution in [1.29, 1.82) is 0 Å². The van der Waals surface area contributed by atoms with Gasteiger partial charge in [0, 0.05) is 11.0 Å². The summed E-state index contributed by atoms with van der Waals surface area (Å²) in [6.45, 7) is 0.974. The van der Waals surface area contributed by atoms with E-state index in [1.54, 1.807) is 12.1 Å². The Balaban J connectivity index is 1.60. The van der Waals surface area contributed by atoms with Crippen LogP contribution in [0.2, 0.25) is 0 Å². The molecule has 2 amide bonds. The fourth-order valence-corrected chi connectivity index (χ4v) is 2.82. The van der Waals surface area contributed by atoms with E-state index in [-0.39, 0.29) is 31.4 Å². The number of benzene rings is 1. The van der Waals surface area contributed by atoms with Gasteiger partial charge in [0.1, 0.15) is 18.1 Å². The molecule has 25 heavy (non-hydrogen) atoms. The van der Waals surface area contributed by atoms with Gasteiger partial charge in [-0.15, -0.1) is 0 Å². The Morgan fingerprint density at radius 1 is 1.32 bits per heavy atom. The molecule has 1 aliphatic heterocycles. The summed E-state index contributed by atoms with van der Waals surface area (Å²) in [7, 11) is 0. The van der Waals surface area contributed by atoms with Crippen molar-refractivity contribution in [2.75, 3.05) is 19.7 Å². The molecule has 0 spiro atoms. The van der Waals surface area contributed by atoms with Crippen molar-refractivity contribution >= 4 is 27.7 Å². The number of halogens is 1. The van der Waals surface area contributed by atoms with E-state index in [0.717, 1.165) is 4.47 Å². The van der Waals surface area contributed by atoms with Crippen LogP contribution in [0.4, 0.5) is 0 Å². The second-order valence-electron chi connectivity index (χ2n) is 5.52. The van der Waals surface area contributed by atoms with Crippen LogP contribution in [0.5, 0.6) is 5.75 Å². The molecule has 1 aliphatic rings. The lowest BCUT2D eigenvalue weighted by molar-refractivity contribution is -0.133. The minimum atomic E-state index is -0.785. The van der Waals surface area contributed by atoms with Crippen molar-refractivity contribution in [3.63, 3.8) is 0 Å². The van der Waals surface area contributed by atoms with Crippen molar-refractivity contribution in [1.82, 2.24) is 4.90 Å². The van der Waals surface area contributed by atoms with Gasteiger partial charge in [0.15, 0.2) is 11.9 Å². The Bertz CT molecular complexity index is 776. The number of hydrogen-bond donors (Lipinski definition) is 1. The van der Waals surface area contributed by atoms with Crippen LogP contribution in [0.25, 0.3) is 0 Å². The van der Waals surface area contributed by atoms with Gasteiger partial charge < -0.3 is 24.5 Å². The fraction of sp³-hybridized carbons (Fsp3) is 0.294. The number of nitrogens with two attached hydrogens (primary N) is 1. The molecule has 1 aromatic carbocycles. The number of ether oxygens (including phenoxy) is 2. The summed E-state index contributed by atoms with van der Waals surface area (Å²) in [5.41, 5.74) is 5.23. The third-order valence-electron chi connectivity index (χ3n) is 3.72. The Morgan fingerprint density at radius 2 is 2.16 bits per heavy atom. The number of furan rings is 1. The lowest BCUT2D eigenvalue weighted by atomic mass is 10.2. The molecule has 0 saturated carbocycles. The lowest BCUT2D eigenvalue weighted by Crippen LogP contribution is -2.50. The SMILES string of the molecule is NC(=O)C1CN(C(=O)c2ccc(COc3cccc(Br)c3)o2)CCO1. The molecular weight excluding hydrogens is 392 g/mol. The van der Waals surface area contributed by atoms with Gasteiger partial charge in [-0.2, -0.15) is 0 Å². The molecule has 0 bridgehead atoms. The third-order valence-corrected chi connectivity index (χ3v) is 4.21. The number of primary amides is 1. The molecule has 2 N–H and O–H groups in total. The number of rotatable bonds is 5. The van der Waals surface area contributed by atoms with Crippen LogP contribution >= 0.6 is 15.9 Å². The van der Waals surface area contributed by atoms with E-state index in [9.17, 15) is 9.59 Å². The molecule has 8 heteroatoms. The van der Waals surface area contributed by atoms with Gasteiger partial charge in [0.25, 0.3) is 5.91 Å². The zero-order valence-corrected chi connectivity index (χ0v) is 14.9. The summed E-state index contributed by atoms with van der Waals surface area (Å²) in [5, 5.41) is 0. The van der Waals surface area contributed by atoms with Crippen LogP contribution in [0.3, 0.4) is 0 Å². The van der Waals surface area contributed by atoms with Crippen LogP contribution in [-0.4, -0.2) is 42.5 Å². The summed E-state index contributed by atoms with van der Waals surface area (Å²) in [6.07, 6.45) is -0.785. The average molecular weight is 409 g/mol. The molecule has 132 valence electrons. The maximum atomic E-state index is 12.5. The predicted octanol–water partition coefficient (Wildman–Crippen LogP) is 1.95. The highest BCUT2D eigenvalue weighted by Crippen LogP contribution is 2.20. The van der Waals surface area contributed by atoms with Crippen molar-refractivity contribution in [2.45, 2.75) is 12.7 Å². The highest BCUT2D eigenvalue weighted by Gasteiger charge is 2.29. The summed E-state index contributed by atoms with van der Waals surface area (Å²) in [6, 6.07) is 10.7. The van der Waals surface area contributed by atoms with Crippen molar-refractivity contribution in [2.24, 2.45) is 5.73 Å². The van der Waals surface area contributed by atoms with Gasteiger partial charge in [-0.1, -0.05) is 22.0 Å². The molecule has 1 atom stereocenters. The minimum absolute atomic E-state index is 0.124. The Morgan fingerprint density at radius 3 is 2.92 bits per heavy atom. The lowest BCUT2D eigenvalue weighted by Gasteiger charge is -2.30. The standard InChI is InChI=1S/C17H17BrN2O5/c18-11-2-1-3-12(8-11)24-10-13-4-5-14(25-13)17(22)20-6-7-23-15(9-20)16(19)21/h1-5,8,15H,6-7,9-10H2,(H2,19,21). The number of carbonyl (C=O) groups excluding carboxylic acids is 2. The van der Waals surface area contributed by atoms with Crippen molar-refractivity contribution in [3.05, 3.63) is 52.4 Å². The Kier molecular flexibility index (Phi) is 5.40. The molecule has 1 unspecified atom stereocenters. The van der Waals surface area contributed by atoms with Gasteiger partial charge in [-0.25, -0.2) is 0 Å². The zero-order valence-electron chi connectivity index (χ0n) is 13.3. The first-order valence-corrected chi connectivity index (χ1v) is 8.49. The first-order valence-electron chi connectivity index (χ1n) is 7.70. The van der Waals surface area contributed by atoms with Gasteiger partial charge in [-0.05, 0) is 30.3 Å². The summed E-state index contributed by atoms with van der Waals surface area (Å²) in [4.78, 5) is 25.2. The second-order valence-corrected chi connectivity index (χ2v) is 6.44. The Hall–Kier alpha value is -2.32. The predicted molar refractivity (Wildman–Crippen MR) is 92.0 cm³/mol. The maximum absolute atomic E-state index is 12.5. The van der Waals surface area contributed by atoms with Crippen LogP contribution < -0.4 is 10.5 Å². The molecule has 2 heterocycles. The first-order chi connectivity index (χ1) is 12.0. The van der Waals surface area contributed by atoms with Crippen molar-refractivity contribution in [3.8, 4) is 5.75 Å². The number of nitrogens with zero attached hydrogens (tertiary/aromatic N) is 1. The fourth-order valence-electron chi connectivity index (χ4n) is 2.44. The third kappa shape index (κ3) is 4.40. The monoisotopic (exact) mass is 408 g/mol. The quantitative estimate of drug-likeness (QED) is 0.815. The largest absolute Gasteiger partial charge is 0.486 e. The van der Waals surface area contributed by atoms with Gasteiger partial charge in [0.2, 0.25) is 5.91 Å². The molecule has 0 aliphatic carbocycles. The van der Waals surface area contributed by atoms with E-state index in [0.29, 0.717) is 18.1 Å². The molecule has 7 nitrogen and oxygen atoms in total. The van der Waals surface area contributed by atoms with Crippen LogP contribution in [-0.2, 0) is 16.1 Å². The molecular formula is C17H17BrN2O5. The molecule has 3 rings (SSSR count). The van der Waals surface area contributed by atoms with E-state index in [2.05, 4.69) is 15.9 Å². The number of amides is 2. The van der Waals surface area contributed by atoms with Crippen LogP contribution in [0.1, 0.15) is 16.3 Å². The van der Waals surface area contributed by atoms with Gasteiger partial charge in [0.05, 0.1) is 13.2 Å². The van der Waals surface area contributed by atoms with Crippen LogP contribution in [0.15, 0.2) is 45.3 Å². The summed E-state index contributed by atoms with van der Waals surface area (Å²) < 4.78 is 17.3. The highest BCUT2D eigenvalue weighted by molar-refractivity contribution is 9.10. The summed E-state index contributed by atoms with van der Waals surface area (Å²) >= 11 is 3.37. The second kappa shape index (κ2) is 7.71. The van der Waals surface area contributed by atoms with Gasteiger partial charge in [-0.3, -0.25) is 9.59 Å². The number of hydrogen-bond acceptors (Lipinski definition) is 5. The topological polar surface area (TPSA) is 95.0 Å².